The van der Waals surface area contributed by atoms with Gasteiger partial charge in [-0.2, -0.15) is 5.26 Å². The zero-order valence-corrected chi connectivity index (χ0v) is 34.1. The second-order valence-corrected chi connectivity index (χ2v) is 14.7. The van der Waals surface area contributed by atoms with Crippen molar-refractivity contribution in [2.45, 2.75) is 33.2 Å². The fourth-order valence-corrected chi connectivity index (χ4v) is 6.56. The van der Waals surface area contributed by atoms with Crippen molar-refractivity contribution in [3.63, 3.8) is 0 Å². The van der Waals surface area contributed by atoms with E-state index in [0.29, 0.717) is 58.9 Å². The second kappa shape index (κ2) is 19.7. The highest BCUT2D eigenvalue weighted by Gasteiger charge is 2.21. The number of Topliss-reactive ketones (excluding diaryl/α,β-unsaturated/α-hetero) is 2. The van der Waals surface area contributed by atoms with Crippen molar-refractivity contribution in [2.24, 2.45) is 15.7 Å². The van der Waals surface area contributed by atoms with E-state index in [9.17, 15) is 19.8 Å². The minimum atomic E-state index is -0.0404. The summed E-state index contributed by atoms with van der Waals surface area (Å²) in [5.41, 5.74) is 14.2. The van der Waals surface area contributed by atoms with Crippen LogP contribution in [0.1, 0.15) is 80.8 Å². The smallest absolute Gasteiger partial charge is 0.199 e. The molecule has 300 valence electrons. The van der Waals surface area contributed by atoms with Gasteiger partial charge in [-0.05, 0) is 122 Å². The zero-order chi connectivity index (χ0) is 41.9. The molecule has 0 amide bonds. The molecule has 4 aromatic carbocycles. The van der Waals surface area contributed by atoms with Gasteiger partial charge in [0.05, 0.1) is 34.2 Å². The number of rotatable bonds is 15. The summed E-state index contributed by atoms with van der Waals surface area (Å²) in [5.74, 6) is 0.00285. The molecule has 58 heavy (non-hydrogen) atoms. The molecule has 0 bridgehead atoms. The summed E-state index contributed by atoms with van der Waals surface area (Å²) in [6.45, 7) is 6.57. The number of aliphatic imine (C=N–C) groups is 2. The monoisotopic (exact) mass is 780 g/mol. The van der Waals surface area contributed by atoms with E-state index >= 15 is 0 Å². The van der Waals surface area contributed by atoms with Gasteiger partial charge in [0.15, 0.2) is 23.3 Å². The third-order valence-corrected chi connectivity index (χ3v) is 9.66. The van der Waals surface area contributed by atoms with Gasteiger partial charge in [-0.15, -0.1) is 0 Å². The van der Waals surface area contributed by atoms with Crippen molar-refractivity contribution < 1.29 is 19.8 Å². The number of aromatic amines is 2. The van der Waals surface area contributed by atoms with E-state index in [0.717, 1.165) is 64.4 Å². The van der Waals surface area contributed by atoms with Crippen LogP contribution in [0.4, 0.5) is 0 Å². The molecular weight excluding hydrogens is 729 g/mol. The molecule has 6 rings (SSSR count). The van der Waals surface area contributed by atoms with Gasteiger partial charge < -0.3 is 35.7 Å². The van der Waals surface area contributed by atoms with E-state index in [1.807, 2.05) is 76.7 Å². The Balaban J connectivity index is 0.000000221. The van der Waals surface area contributed by atoms with Crippen LogP contribution in [0.15, 0.2) is 94.9 Å². The Hall–Kier alpha value is -6.39. The fraction of sp³-hybridized carbons (Fsp3) is 0.283. The maximum atomic E-state index is 11.9. The third kappa shape index (κ3) is 10.5. The van der Waals surface area contributed by atoms with Gasteiger partial charge in [-0.25, -0.2) is 0 Å². The van der Waals surface area contributed by atoms with Crippen molar-refractivity contribution in [3.8, 4) is 17.8 Å². The average Bonchev–Trinajstić information content (AvgIpc) is 3.71. The molecular formula is C46H52N8O4. The van der Waals surface area contributed by atoms with Crippen LogP contribution >= 0.6 is 0 Å². The molecule has 6 aromatic rings. The Bertz CT molecular complexity index is 2480. The Kier molecular flexibility index (Phi) is 14.5. The summed E-state index contributed by atoms with van der Waals surface area (Å²) in [6.07, 6.45) is 1.77. The first-order chi connectivity index (χ1) is 27.8. The number of carbonyl (C=O) groups excluding carboxylic acids is 2. The zero-order valence-electron chi connectivity index (χ0n) is 34.1. The third-order valence-electron chi connectivity index (χ3n) is 9.66. The van der Waals surface area contributed by atoms with Gasteiger partial charge in [-0.1, -0.05) is 36.4 Å². The van der Waals surface area contributed by atoms with Crippen LogP contribution in [-0.2, 0) is 6.54 Å². The highest BCUT2D eigenvalue weighted by Crippen LogP contribution is 2.33. The number of hydrogen-bond acceptors (Lipinski definition) is 10. The lowest BCUT2D eigenvalue weighted by atomic mass is 9.98. The van der Waals surface area contributed by atoms with E-state index in [2.05, 4.69) is 25.8 Å². The van der Waals surface area contributed by atoms with Crippen LogP contribution in [-0.4, -0.2) is 107 Å². The minimum Gasteiger partial charge on any atom is -0.494 e. The van der Waals surface area contributed by atoms with Crippen LogP contribution in [0.25, 0.3) is 21.8 Å². The number of fused-ring (bicyclic) bond motifs is 2. The number of aromatic nitrogens is 2. The number of H-pyrrole nitrogens is 2. The molecule has 0 atom stereocenters. The number of nitrogens with two attached hydrogens (primary N) is 1. The van der Waals surface area contributed by atoms with Crippen molar-refractivity contribution in [3.05, 3.63) is 129 Å². The Morgan fingerprint density at radius 2 is 1.05 bits per heavy atom. The van der Waals surface area contributed by atoms with Gasteiger partial charge in [0, 0.05) is 63.7 Å². The maximum absolute atomic E-state index is 11.9. The van der Waals surface area contributed by atoms with E-state index < -0.39 is 0 Å². The Labute approximate surface area is 339 Å². The largest absolute Gasteiger partial charge is 0.494 e. The minimum absolute atomic E-state index is 0.0106. The average molecular weight is 781 g/mol. The molecule has 0 unspecified atom stereocenters. The molecule has 0 aliphatic rings. The first kappa shape index (κ1) is 42.7. The summed E-state index contributed by atoms with van der Waals surface area (Å²) in [6, 6.07) is 27.8. The number of hydrogen-bond donors (Lipinski definition) is 5. The predicted molar refractivity (Wildman–Crippen MR) is 233 cm³/mol. The highest BCUT2D eigenvalue weighted by atomic mass is 16.3. The van der Waals surface area contributed by atoms with E-state index in [-0.39, 0.29) is 23.3 Å². The van der Waals surface area contributed by atoms with E-state index in [4.69, 9.17) is 21.0 Å². The van der Waals surface area contributed by atoms with Gasteiger partial charge in [0.1, 0.15) is 0 Å². The van der Waals surface area contributed by atoms with Gasteiger partial charge >= 0.3 is 0 Å². The number of aromatic hydroxyl groups is 2. The Morgan fingerprint density at radius 1 is 0.655 bits per heavy atom. The lowest BCUT2D eigenvalue weighted by Crippen LogP contribution is -2.14. The van der Waals surface area contributed by atoms with Crippen molar-refractivity contribution in [1.29, 1.82) is 5.26 Å². The van der Waals surface area contributed by atoms with Crippen LogP contribution in [0.2, 0.25) is 0 Å². The van der Waals surface area contributed by atoms with Crippen LogP contribution < -0.4 is 5.73 Å². The van der Waals surface area contributed by atoms with Crippen molar-refractivity contribution in [2.75, 3.05) is 54.4 Å². The second-order valence-electron chi connectivity index (χ2n) is 14.7. The number of benzene rings is 4. The molecule has 6 N–H and O–H groups in total. The molecule has 12 nitrogen and oxygen atoms in total. The first-order valence-corrected chi connectivity index (χ1v) is 19.2. The SMILES string of the molecule is CC(=O)c1ccc2[nH]c(O)c(C(=NCCCN(C)C)c3ccc(C#N)cc3)c2c1.CC(=O)c1ccc2[nH]c(O)c(C(=NCCCN(C)C)c3ccc(CN)cc3)c2c1. The molecule has 0 aliphatic carbocycles. The predicted octanol–water partition coefficient (Wildman–Crippen LogP) is 7.06. The quantitative estimate of drug-likeness (QED) is 0.0416. The van der Waals surface area contributed by atoms with Gasteiger partial charge in [0.25, 0.3) is 0 Å². The molecule has 0 spiro atoms. The lowest BCUT2D eigenvalue weighted by Gasteiger charge is -2.11. The van der Waals surface area contributed by atoms with Gasteiger partial charge in [-0.3, -0.25) is 19.6 Å². The number of carbonyl (C=O) groups is 2. The Morgan fingerprint density at radius 3 is 1.41 bits per heavy atom. The normalized spacial score (nSPS) is 11.9. The van der Waals surface area contributed by atoms with Crippen molar-refractivity contribution in [1.82, 2.24) is 19.8 Å². The van der Waals surface area contributed by atoms with Crippen LogP contribution in [0.5, 0.6) is 11.8 Å². The summed E-state index contributed by atoms with van der Waals surface area (Å²) < 4.78 is 0. The summed E-state index contributed by atoms with van der Waals surface area (Å²) in [5, 5.41) is 32.0. The van der Waals surface area contributed by atoms with E-state index in [1.54, 1.807) is 36.4 Å². The molecule has 0 radical (unpaired) electrons. The maximum Gasteiger partial charge on any atom is 0.199 e. The van der Waals surface area contributed by atoms with Crippen LogP contribution in [0, 0.1) is 11.3 Å². The number of nitriles is 1. The topological polar surface area (TPSA) is 187 Å². The molecule has 2 aromatic heterocycles. The number of nitrogens with one attached hydrogen (secondary N) is 2. The molecule has 0 aliphatic heterocycles. The standard InChI is InChI=1S/C23H28N4O2.C23H24N4O2/c2*1-15(28)18-9-10-20-19(13-18)21(23(29)26-20)22(25-11-4-12-27(2)3)17-7-5-16(14-24)6-8-17/h5-10,13,26,29H,4,11-12,14,24H2,1-3H3;5-10,13,26,29H,4,11-12H2,1-3H3. The van der Waals surface area contributed by atoms with Crippen LogP contribution in [0.3, 0.4) is 0 Å². The summed E-state index contributed by atoms with van der Waals surface area (Å²) in [4.78, 5) is 43.6. The molecule has 0 fully saturated rings. The molecule has 2 heterocycles. The van der Waals surface area contributed by atoms with E-state index in [1.165, 1.54) is 13.8 Å². The summed E-state index contributed by atoms with van der Waals surface area (Å²) in [7, 11) is 8.09. The lowest BCUT2D eigenvalue weighted by molar-refractivity contribution is 0.100. The molecule has 0 saturated carbocycles. The molecule has 0 saturated heterocycles. The summed E-state index contributed by atoms with van der Waals surface area (Å²) >= 11 is 0. The number of ketones is 2. The first-order valence-electron chi connectivity index (χ1n) is 19.2. The van der Waals surface area contributed by atoms with Gasteiger partial charge in [0.2, 0.25) is 0 Å². The van der Waals surface area contributed by atoms with Crippen molar-refractivity contribution >= 4 is 44.8 Å². The number of nitrogens with zero attached hydrogens (tertiary/aromatic N) is 5. The molecule has 12 heteroatoms. The highest BCUT2D eigenvalue weighted by molar-refractivity contribution is 6.22. The fourth-order valence-electron chi connectivity index (χ4n) is 6.56.